The maximum atomic E-state index is 13.9. The van der Waals surface area contributed by atoms with Gasteiger partial charge in [-0.05, 0) is 86.3 Å². The van der Waals surface area contributed by atoms with Crippen LogP contribution in [0.1, 0.15) is 89.2 Å². The quantitative estimate of drug-likeness (QED) is 0.198. The number of nitrogens with zero attached hydrogens (tertiary/aromatic N) is 1. The molecule has 6 aliphatic rings. The molecule has 3 saturated carbocycles. The van der Waals surface area contributed by atoms with E-state index >= 15 is 0 Å². The first-order chi connectivity index (χ1) is 30.0. The Morgan fingerprint density at radius 3 is 2.41 bits per heavy atom. The van der Waals surface area contributed by atoms with Gasteiger partial charge in [0.05, 0.1) is 18.2 Å². The summed E-state index contributed by atoms with van der Waals surface area (Å²) in [5.74, 6) is -3.40. The number of aliphatic hydroxyl groups excluding tert-OH is 2. The summed E-state index contributed by atoms with van der Waals surface area (Å²) >= 11 is 0. The van der Waals surface area contributed by atoms with Gasteiger partial charge in [-0.2, -0.15) is 0 Å². The van der Waals surface area contributed by atoms with Gasteiger partial charge in [-0.3, -0.25) is 38.5 Å². The van der Waals surface area contributed by atoms with E-state index in [4.69, 9.17) is 9.47 Å². The number of carbonyl (C=O) groups excluding carboxylic acids is 7. The predicted molar refractivity (Wildman–Crippen MR) is 228 cm³/mol. The number of carbonyl (C=O) groups is 7. The van der Waals surface area contributed by atoms with Crippen LogP contribution in [0.3, 0.4) is 0 Å². The number of amides is 4. The minimum absolute atomic E-state index is 0.00717. The fourth-order valence-corrected chi connectivity index (χ4v) is 11.7. The molecule has 0 radical (unpaired) electrons. The predicted octanol–water partition coefficient (Wildman–Crippen LogP) is 4.23. The molecule has 2 aromatic rings. The summed E-state index contributed by atoms with van der Waals surface area (Å²) in [7, 11) is 0. The number of anilines is 1. The van der Waals surface area contributed by atoms with E-state index in [0.717, 1.165) is 52.2 Å². The van der Waals surface area contributed by atoms with Crippen molar-refractivity contribution in [2.45, 2.75) is 103 Å². The number of ether oxygens (including phenoxy) is 2. The van der Waals surface area contributed by atoms with E-state index in [0.29, 0.717) is 24.9 Å². The monoisotopic (exact) mass is 861 g/mol. The second-order valence-electron chi connectivity index (χ2n) is 18.7. The Morgan fingerprint density at radius 2 is 1.70 bits per heavy atom. The highest BCUT2D eigenvalue weighted by Gasteiger charge is 2.76. The molecule has 14 heteroatoms. The lowest BCUT2D eigenvalue weighted by Crippen LogP contribution is -2.63. The first kappa shape index (κ1) is 44.2. The van der Waals surface area contributed by atoms with Crippen LogP contribution in [-0.4, -0.2) is 93.1 Å². The van der Waals surface area contributed by atoms with Gasteiger partial charge in [0.1, 0.15) is 6.61 Å². The second-order valence-corrected chi connectivity index (χ2v) is 18.7. The highest BCUT2D eigenvalue weighted by molar-refractivity contribution is 6.13. The fourth-order valence-electron chi connectivity index (χ4n) is 11.7. The van der Waals surface area contributed by atoms with Crippen LogP contribution in [0.4, 0.5) is 5.69 Å². The molecule has 0 bridgehead atoms. The van der Waals surface area contributed by atoms with Gasteiger partial charge in [0, 0.05) is 65.5 Å². The molecular weight excluding hydrogens is 807 g/mol. The van der Waals surface area contributed by atoms with E-state index in [1.165, 1.54) is 6.92 Å². The molecule has 332 valence electrons. The molecule has 1 saturated heterocycles. The molecule has 11 atom stereocenters. The number of hydrogen-bond donors (Lipinski definition) is 4. The molecule has 2 aliphatic heterocycles. The minimum Gasteiger partial charge on any atom is -0.393 e. The molecule has 0 aromatic heterocycles. The van der Waals surface area contributed by atoms with Gasteiger partial charge in [-0.15, -0.1) is 0 Å². The van der Waals surface area contributed by atoms with Gasteiger partial charge in [0.2, 0.25) is 11.8 Å². The molecule has 2 aromatic carbocycles. The molecule has 14 nitrogen and oxygen atoms in total. The largest absolute Gasteiger partial charge is 0.393 e. The number of fused-ring (bicyclic) bond motifs is 7. The highest BCUT2D eigenvalue weighted by atomic mass is 16.7. The molecule has 2 heterocycles. The Bertz CT molecular complexity index is 2320. The van der Waals surface area contributed by atoms with Crippen LogP contribution >= 0.6 is 0 Å². The number of allylic oxidation sites excluding steroid dienone is 4. The molecule has 0 unspecified atom stereocenters. The van der Waals surface area contributed by atoms with Crippen LogP contribution in [0.5, 0.6) is 0 Å². The van der Waals surface area contributed by atoms with Crippen LogP contribution in [0.15, 0.2) is 84.5 Å². The van der Waals surface area contributed by atoms with Gasteiger partial charge in [0.25, 0.3) is 11.8 Å². The Hall–Kier alpha value is -5.41. The number of Topliss-reactive ketones (excluding diaryl/α,β-unsaturated/α-hetero) is 2. The molecule has 0 spiro atoms. The van der Waals surface area contributed by atoms with Crippen LogP contribution in [0.25, 0.3) is 0 Å². The van der Waals surface area contributed by atoms with Gasteiger partial charge in [0.15, 0.2) is 29.2 Å². The number of imide groups is 1. The maximum Gasteiger partial charge on any atom is 0.253 e. The first-order valence-electron chi connectivity index (χ1n) is 21.9. The maximum absolute atomic E-state index is 13.9. The van der Waals surface area contributed by atoms with E-state index < -0.39 is 77.0 Å². The third-order valence-electron chi connectivity index (χ3n) is 14.9. The Labute approximate surface area is 366 Å². The van der Waals surface area contributed by atoms with Crippen molar-refractivity contribution in [3.63, 3.8) is 0 Å². The number of benzene rings is 2. The lowest BCUT2D eigenvalue weighted by Gasteiger charge is -2.59. The van der Waals surface area contributed by atoms with E-state index in [2.05, 4.69) is 17.6 Å². The molecule has 4 amide bonds. The zero-order valence-corrected chi connectivity index (χ0v) is 36.0. The smallest absolute Gasteiger partial charge is 0.253 e. The lowest BCUT2D eigenvalue weighted by atomic mass is 9.46. The standard InChI is InChI=1S/C49H55N3O11/c1-27(20-37(55)28(2)50-41(58)17-19-52-42(59)14-15-43(52)60)45(61)51-33-7-5-6-30(22-33)21-29-8-10-31(11-9-29)46-62-40-24-36-35-13-12-32-23-34(54)16-18-47(32,3)44(35)38(56)25-48(36,4)49(40,63-46)39(57)26-53/h5-11,14-16,18,22-23,27-28,35-36,38,40,44,46,53,56H,12-13,17,19-21,24-26H2,1-4H3,(H,50,58)(H,51,61)/t27-,28+,35+,36+,38+,40-,44-,46-,47+,48+,49-/m1/s1. The number of nitrogens with one attached hydrogen (secondary N) is 2. The molecule has 8 rings (SSSR count). The number of ketones is 3. The SMILES string of the molecule is C[C@H](CC(=O)[C@H](C)NC(=O)CCN1C(=O)C=CC1=O)C(=O)Nc1cccc(Cc2ccc([C@@H]3O[C@@H]4C[C@H]5[C@@H]6CCC7=CC(=O)C=C[C@]7(C)[C@H]6[C@@H](O)C[C@]5(C)[C@]4(C(=O)CO)O3)cc2)c1. The van der Waals surface area contributed by atoms with E-state index in [1.54, 1.807) is 25.1 Å². The van der Waals surface area contributed by atoms with E-state index in [9.17, 15) is 43.8 Å². The van der Waals surface area contributed by atoms with Gasteiger partial charge < -0.3 is 30.3 Å². The van der Waals surface area contributed by atoms with Crippen molar-refractivity contribution in [2.75, 3.05) is 18.5 Å². The summed E-state index contributed by atoms with van der Waals surface area (Å²) in [6.45, 7) is 6.47. The van der Waals surface area contributed by atoms with Crippen LogP contribution < -0.4 is 10.6 Å². The van der Waals surface area contributed by atoms with Crippen molar-refractivity contribution in [1.82, 2.24) is 10.2 Å². The van der Waals surface area contributed by atoms with Crippen LogP contribution in [-0.2, 0) is 49.5 Å². The summed E-state index contributed by atoms with van der Waals surface area (Å²) in [6, 6.07) is 14.2. The van der Waals surface area contributed by atoms with Crippen molar-refractivity contribution in [3.8, 4) is 0 Å². The number of rotatable bonds is 14. The molecule has 4 fully saturated rings. The van der Waals surface area contributed by atoms with Crippen molar-refractivity contribution in [3.05, 3.63) is 101 Å². The summed E-state index contributed by atoms with van der Waals surface area (Å²) in [6.07, 6.45) is 7.94. The fraction of sp³-hybridized carbons (Fsp3) is 0.490. The number of hydrogen-bond acceptors (Lipinski definition) is 11. The van der Waals surface area contributed by atoms with Crippen molar-refractivity contribution in [1.29, 1.82) is 0 Å². The zero-order chi connectivity index (χ0) is 45.0. The van der Waals surface area contributed by atoms with Crippen molar-refractivity contribution < 1.29 is 53.2 Å². The molecule has 63 heavy (non-hydrogen) atoms. The molecule has 4 aliphatic carbocycles. The number of aliphatic hydroxyl groups is 2. The van der Waals surface area contributed by atoms with Gasteiger partial charge in [-0.1, -0.05) is 68.8 Å². The Balaban J connectivity index is 0.869. The Morgan fingerprint density at radius 1 is 0.968 bits per heavy atom. The third kappa shape index (κ3) is 7.85. The topological polar surface area (TPSA) is 206 Å². The minimum atomic E-state index is -1.45. The Kier molecular flexibility index (Phi) is 11.9. The van der Waals surface area contributed by atoms with Gasteiger partial charge in [-0.25, -0.2) is 0 Å². The van der Waals surface area contributed by atoms with Crippen LogP contribution in [0, 0.1) is 34.5 Å². The van der Waals surface area contributed by atoms with Crippen molar-refractivity contribution in [2.24, 2.45) is 34.5 Å². The third-order valence-corrected chi connectivity index (χ3v) is 14.9. The highest BCUT2D eigenvalue weighted by Crippen LogP contribution is 2.70. The first-order valence-corrected chi connectivity index (χ1v) is 21.9. The van der Waals surface area contributed by atoms with Crippen molar-refractivity contribution >= 4 is 46.7 Å². The molecule has 4 N–H and O–H groups in total. The summed E-state index contributed by atoms with van der Waals surface area (Å²) in [5.41, 5.74) is 1.51. The average Bonchev–Trinajstić information content (AvgIpc) is 3.87. The van der Waals surface area contributed by atoms with E-state index in [1.807, 2.05) is 55.5 Å². The average molecular weight is 862 g/mol. The van der Waals surface area contributed by atoms with Crippen LogP contribution in [0.2, 0.25) is 0 Å². The summed E-state index contributed by atoms with van der Waals surface area (Å²) in [4.78, 5) is 89.0. The zero-order valence-electron chi connectivity index (χ0n) is 36.0. The molecular formula is C49H55N3O11. The second kappa shape index (κ2) is 16.9. The normalized spacial score (nSPS) is 32.6. The van der Waals surface area contributed by atoms with Gasteiger partial charge >= 0.3 is 0 Å². The van der Waals surface area contributed by atoms with E-state index in [-0.39, 0.29) is 54.6 Å². The lowest BCUT2D eigenvalue weighted by molar-refractivity contribution is -0.201. The summed E-state index contributed by atoms with van der Waals surface area (Å²) in [5, 5.41) is 27.8. The summed E-state index contributed by atoms with van der Waals surface area (Å²) < 4.78 is 13.4.